The average molecular weight is 555 g/mol. The maximum absolute atomic E-state index is 14.5. The van der Waals surface area contributed by atoms with Crippen LogP contribution < -0.4 is 9.80 Å². The number of nitrogens with zero attached hydrogens (tertiary/aromatic N) is 4. The Morgan fingerprint density at radius 2 is 1.40 bits per heavy atom. The summed E-state index contributed by atoms with van der Waals surface area (Å²) < 4.78 is 30.4. The van der Waals surface area contributed by atoms with E-state index in [2.05, 4.69) is 17.0 Å². The number of para-hydroxylation sites is 1. The van der Waals surface area contributed by atoms with Gasteiger partial charge < -0.3 is 14.7 Å². The summed E-state index contributed by atoms with van der Waals surface area (Å²) in [5.41, 5.74) is 4.06. The number of sulfonamides is 1. The van der Waals surface area contributed by atoms with Gasteiger partial charge >= 0.3 is 0 Å². The van der Waals surface area contributed by atoms with Crippen LogP contribution >= 0.6 is 0 Å². The van der Waals surface area contributed by atoms with Gasteiger partial charge in [-0.1, -0.05) is 66.7 Å². The van der Waals surface area contributed by atoms with Crippen LogP contribution in [0.2, 0.25) is 0 Å². The molecular weight excluding hydrogens is 520 g/mol. The van der Waals surface area contributed by atoms with Gasteiger partial charge in [-0.15, -0.1) is 0 Å². The van der Waals surface area contributed by atoms with E-state index >= 15 is 0 Å². The van der Waals surface area contributed by atoms with Crippen molar-refractivity contribution in [3.05, 3.63) is 102 Å². The molecule has 0 spiro atoms. The SMILES string of the molecule is CN(C)c1cccc2c(S(=O)(=O)N3Cc4ccccc4C[C@H]3C(=O)N3CCN(c4ccccc4)CC3)cccc12. The Hall–Kier alpha value is -3.88. The summed E-state index contributed by atoms with van der Waals surface area (Å²) in [5, 5.41) is 1.53. The zero-order chi connectivity index (χ0) is 27.9. The van der Waals surface area contributed by atoms with Crippen molar-refractivity contribution in [1.29, 1.82) is 0 Å². The molecule has 206 valence electrons. The normalized spacial score (nSPS) is 18.0. The third-order valence-electron chi connectivity index (χ3n) is 8.13. The van der Waals surface area contributed by atoms with E-state index in [1.165, 1.54) is 4.31 Å². The fourth-order valence-electron chi connectivity index (χ4n) is 6.00. The van der Waals surface area contributed by atoms with Crippen molar-refractivity contribution in [1.82, 2.24) is 9.21 Å². The highest BCUT2D eigenvalue weighted by Gasteiger charge is 2.42. The molecule has 0 bridgehead atoms. The van der Waals surface area contributed by atoms with Crippen molar-refractivity contribution in [2.45, 2.75) is 23.9 Å². The largest absolute Gasteiger partial charge is 0.377 e. The van der Waals surface area contributed by atoms with Crippen molar-refractivity contribution in [2.75, 3.05) is 50.1 Å². The van der Waals surface area contributed by atoms with Crippen molar-refractivity contribution >= 4 is 38.1 Å². The minimum absolute atomic E-state index is 0.125. The Balaban J connectivity index is 1.35. The first kappa shape index (κ1) is 26.3. The lowest BCUT2D eigenvalue weighted by Gasteiger charge is -2.41. The van der Waals surface area contributed by atoms with Crippen molar-refractivity contribution in [3.8, 4) is 0 Å². The van der Waals surface area contributed by atoms with E-state index in [0.29, 0.717) is 38.0 Å². The van der Waals surface area contributed by atoms with Crippen LogP contribution in [0, 0.1) is 0 Å². The molecule has 4 aromatic rings. The van der Waals surface area contributed by atoms with E-state index in [1.54, 1.807) is 12.1 Å². The Bertz CT molecular complexity index is 1650. The summed E-state index contributed by atoms with van der Waals surface area (Å²) in [5.74, 6) is -0.125. The molecule has 4 aromatic carbocycles. The van der Waals surface area contributed by atoms with Gasteiger partial charge in [0.05, 0.1) is 4.90 Å². The molecule has 2 aliphatic heterocycles. The summed E-state index contributed by atoms with van der Waals surface area (Å²) in [6, 6.07) is 28.4. The lowest BCUT2D eigenvalue weighted by Crippen LogP contribution is -2.57. The first-order valence-corrected chi connectivity index (χ1v) is 15.1. The van der Waals surface area contributed by atoms with Gasteiger partial charge in [-0.2, -0.15) is 4.31 Å². The number of hydrogen-bond acceptors (Lipinski definition) is 5. The van der Waals surface area contributed by atoms with E-state index in [9.17, 15) is 13.2 Å². The number of carbonyl (C=O) groups excluding carboxylic acids is 1. The van der Waals surface area contributed by atoms with Crippen LogP contribution in [0.15, 0.2) is 95.9 Å². The summed E-state index contributed by atoms with van der Waals surface area (Å²) in [6.45, 7) is 2.70. The molecule has 6 rings (SSSR count). The van der Waals surface area contributed by atoms with Crippen LogP contribution in [0.5, 0.6) is 0 Å². The minimum Gasteiger partial charge on any atom is -0.377 e. The summed E-state index contributed by atoms with van der Waals surface area (Å²) in [7, 11) is -0.107. The molecule has 0 aliphatic carbocycles. The van der Waals surface area contributed by atoms with Crippen LogP contribution in [0.25, 0.3) is 10.8 Å². The lowest BCUT2D eigenvalue weighted by molar-refractivity contribution is -0.136. The predicted octanol–water partition coefficient (Wildman–Crippen LogP) is 4.37. The molecule has 2 heterocycles. The number of rotatable bonds is 5. The Morgan fingerprint density at radius 1 is 0.750 bits per heavy atom. The number of hydrogen-bond donors (Lipinski definition) is 0. The van der Waals surface area contributed by atoms with Gasteiger partial charge in [-0.25, -0.2) is 8.42 Å². The monoisotopic (exact) mass is 554 g/mol. The molecule has 8 heteroatoms. The van der Waals surface area contributed by atoms with Gasteiger partial charge in [0.2, 0.25) is 15.9 Å². The molecule has 1 saturated heterocycles. The molecule has 0 aromatic heterocycles. The maximum Gasteiger partial charge on any atom is 0.244 e. The summed E-state index contributed by atoms with van der Waals surface area (Å²) in [6.07, 6.45) is 0.362. The molecule has 0 radical (unpaired) electrons. The zero-order valence-corrected chi connectivity index (χ0v) is 23.7. The molecule has 40 heavy (non-hydrogen) atoms. The molecule has 0 unspecified atom stereocenters. The second-order valence-electron chi connectivity index (χ2n) is 10.7. The standard InChI is InChI=1S/C32H34N4O3S/c1-33(2)29-16-8-15-28-27(29)14-9-17-31(28)40(38,39)36-23-25-11-7-6-10-24(25)22-30(36)32(37)35-20-18-34(19-21-35)26-12-4-3-5-13-26/h3-17,30H,18-23H2,1-2H3/t30-/m0/s1. The Labute approximate surface area is 236 Å². The van der Waals surface area contributed by atoms with E-state index in [4.69, 9.17) is 0 Å². The van der Waals surface area contributed by atoms with E-state index in [-0.39, 0.29) is 17.3 Å². The number of amides is 1. The molecule has 1 fully saturated rings. The van der Waals surface area contributed by atoms with Crippen LogP contribution in [0.1, 0.15) is 11.1 Å². The molecule has 1 atom stereocenters. The van der Waals surface area contributed by atoms with Gasteiger partial charge in [-0.3, -0.25) is 4.79 Å². The first-order chi connectivity index (χ1) is 19.3. The Kier molecular flexibility index (Phi) is 6.98. The highest BCUT2D eigenvalue weighted by molar-refractivity contribution is 7.89. The van der Waals surface area contributed by atoms with Crippen molar-refractivity contribution in [3.63, 3.8) is 0 Å². The van der Waals surface area contributed by atoms with Crippen LogP contribution in [0.3, 0.4) is 0 Å². The summed E-state index contributed by atoms with van der Waals surface area (Å²) >= 11 is 0. The highest BCUT2D eigenvalue weighted by Crippen LogP contribution is 2.35. The quantitative estimate of drug-likeness (QED) is 0.367. The minimum atomic E-state index is -4.00. The lowest BCUT2D eigenvalue weighted by atomic mass is 9.95. The van der Waals surface area contributed by atoms with Gasteiger partial charge in [0.1, 0.15) is 6.04 Å². The maximum atomic E-state index is 14.5. The second kappa shape index (κ2) is 10.6. The van der Waals surface area contributed by atoms with E-state index < -0.39 is 16.1 Å². The highest BCUT2D eigenvalue weighted by atomic mass is 32.2. The number of fused-ring (bicyclic) bond motifs is 2. The molecule has 7 nitrogen and oxygen atoms in total. The van der Waals surface area contributed by atoms with Gasteiger partial charge in [0.15, 0.2) is 0 Å². The number of anilines is 2. The van der Waals surface area contributed by atoms with Gasteiger partial charge in [0, 0.05) is 69.0 Å². The molecule has 2 aliphatic rings. The van der Waals surface area contributed by atoms with Crippen LogP contribution in [-0.4, -0.2) is 69.8 Å². The average Bonchev–Trinajstić information content (AvgIpc) is 2.99. The number of piperazine rings is 1. The zero-order valence-electron chi connectivity index (χ0n) is 22.9. The van der Waals surface area contributed by atoms with Gasteiger partial charge in [-0.05, 0) is 41.8 Å². The molecule has 0 saturated carbocycles. The topological polar surface area (TPSA) is 64.2 Å². The van der Waals surface area contributed by atoms with Crippen molar-refractivity contribution in [2.24, 2.45) is 0 Å². The van der Waals surface area contributed by atoms with E-state index in [1.807, 2.05) is 90.6 Å². The smallest absolute Gasteiger partial charge is 0.244 e. The third kappa shape index (κ3) is 4.71. The fourth-order valence-corrected chi connectivity index (χ4v) is 7.77. The van der Waals surface area contributed by atoms with Crippen LogP contribution in [0.4, 0.5) is 11.4 Å². The number of carbonyl (C=O) groups is 1. The molecule has 0 N–H and O–H groups in total. The third-order valence-corrected chi connectivity index (χ3v) is 10.0. The summed E-state index contributed by atoms with van der Waals surface area (Å²) in [4.78, 5) is 20.4. The van der Waals surface area contributed by atoms with E-state index in [0.717, 1.165) is 27.9 Å². The molecular formula is C32H34N4O3S. The van der Waals surface area contributed by atoms with Gasteiger partial charge in [0.25, 0.3) is 0 Å². The number of benzene rings is 4. The second-order valence-corrected chi connectivity index (χ2v) is 12.6. The first-order valence-electron chi connectivity index (χ1n) is 13.7. The van der Waals surface area contributed by atoms with Crippen LogP contribution in [-0.2, 0) is 27.8 Å². The van der Waals surface area contributed by atoms with Crippen molar-refractivity contribution < 1.29 is 13.2 Å². The predicted molar refractivity (Wildman–Crippen MR) is 160 cm³/mol. The molecule has 1 amide bonds. The Morgan fingerprint density at radius 3 is 2.12 bits per heavy atom. The fraction of sp³-hybridized carbons (Fsp3) is 0.281.